The first-order chi connectivity index (χ1) is 9.47. The lowest BCUT2D eigenvalue weighted by Gasteiger charge is -2.08. The third-order valence-electron chi connectivity index (χ3n) is 2.60. The lowest BCUT2D eigenvalue weighted by Crippen LogP contribution is -2.10. The fourth-order valence-electron chi connectivity index (χ4n) is 1.61. The standard InChI is InChI=1S/C15H10BrClO3/c1-9(18)13-8-11(16)4-7-14(13)20-15(19)10-2-5-12(17)6-3-10/h2-8H,1H3. The van der Waals surface area contributed by atoms with Crippen LogP contribution in [0.4, 0.5) is 0 Å². The van der Waals surface area contributed by atoms with Crippen LogP contribution in [0.25, 0.3) is 0 Å². The van der Waals surface area contributed by atoms with Gasteiger partial charge in [-0.05, 0) is 49.4 Å². The second-order valence-electron chi connectivity index (χ2n) is 4.09. The highest BCUT2D eigenvalue weighted by atomic mass is 79.9. The molecule has 2 aromatic rings. The number of hydrogen-bond acceptors (Lipinski definition) is 3. The van der Waals surface area contributed by atoms with Crippen molar-refractivity contribution in [3.63, 3.8) is 0 Å². The topological polar surface area (TPSA) is 43.4 Å². The zero-order valence-corrected chi connectivity index (χ0v) is 12.9. The van der Waals surface area contributed by atoms with Gasteiger partial charge in [-0.25, -0.2) is 4.79 Å². The van der Waals surface area contributed by atoms with Crippen molar-refractivity contribution in [3.05, 3.63) is 63.1 Å². The SMILES string of the molecule is CC(=O)c1cc(Br)ccc1OC(=O)c1ccc(Cl)cc1. The monoisotopic (exact) mass is 352 g/mol. The van der Waals surface area contributed by atoms with Crippen LogP contribution in [0.15, 0.2) is 46.9 Å². The largest absolute Gasteiger partial charge is 0.422 e. The van der Waals surface area contributed by atoms with Crippen LogP contribution in [0.1, 0.15) is 27.6 Å². The first-order valence-electron chi connectivity index (χ1n) is 5.75. The second-order valence-corrected chi connectivity index (χ2v) is 5.45. The molecule has 0 aliphatic heterocycles. The molecule has 0 atom stereocenters. The summed E-state index contributed by atoms with van der Waals surface area (Å²) in [5, 5.41) is 0.537. The molecule has 0 saturated heterocycles. The molecule has 0 spiro atoms. The molecule has 0 amide bonds. The molecule has 5 heteroatoms. The van der Waals surface area contributed by atoms with E-state index in [1.54, 1.807) is 42.5 Å². The van der Waals surface area contributed by atoms with Gasteiger partial charge in [-0.1, -0.05) is 27.5 Å². The Hall–Kier alpha value is -1.65. The van der Waals surface area contributed by atoms with E-state index in [1.165, 1.54) is 6.92 Å². The van der Waals surface area contributed by atoms with E-state index in [2.05, 4.69) is 15.9 Å². The van der Waals surface area contributed by atoms with Crippen LogP contribution < -0.4 is 4.74 Å². The van der Waals surface area contributed by atoms with Gasteiger partial charge in [0.05, 0.1) is 11.1 Å². The number of ether oxygens (including phenoxy) is 1. The van der Waals surface area contributed by atoms with E-state index in [0.29, 0.717) is 16.1 Å². The van der Waals surface area contributed by atoms with Gasteiger partial charge in [-0.3, -0.25) is 4.79 Å². The van der Waals surface area contributed by atoms with E-state index in [4.69, 9.17) is 16.3 Å². The van der Waals surface area contributed by atoms with Crippen molar-refractivity contribution in [2.45, 2.75) is 6.92 Å². The number of esters is 1. The van der Waals surface area contributed by atoms with Gasteiger partial charge in [0, 0.05) is 9.50 Å². The van der Waals surface area contributed by atoms with Crippen molar-refractivity contribution in [2.75, 3.05) is 0 Å². The third-order valence-corrected chi connectivity index (χ3v) is 3.35. The van der Waals surface area contributed by atoms with Crippen molar-refractivity contribution < 1.29 is 14.3 Å². The number of halogens is 2. The maximum Gasteiger partial charge on any atom is 0.343 e. The first kappa shape index (κ1) is 14.8. The number of carbonyl (C=O) groups is 2. The summed E-state index contributed by atoms with van der Waals surface area (Å²) in [5.41, 5.74) is 0.716. The van der Waals surface area contributed by atoms with Gasteiger partial charge in [-0.15, -0.1) is 0 Å². The summed E-state index contributed by atoms with van der Waals surface area (Å²) in [4.78, 5) is 23.5. The Balaban J connectivity index is 2.28. The van der Waals surface area contributed by atoms with Gasteiger partial charge in [-0.2, -0.15) is 0 Å². The van der Waals surface area contributed by atoms with E-state index < -0.39 is 5.97 Å². The Morgan fingerprint density at radius 3 is 2.35 bits per heavy atom. The molecule has 0 fully saturated rings. The van der Waals surface area contributed by atoms with E-state index in [1.807, 2.05) is 0 Å². The molecule has 20 heavy (non-hydrogen) atoms. The summed E-state index contributed by atoms with van der Waals surface area (Å²) in [5.74, 6) is -0.475. The predicted octanol–water partition coefficient (Wildman–Crippen LogP) is 4.52. The normalized spacial score (nSPS) is 10.2. The summed E-state index contributed by atoms with van der Waals surface area (Å²) >= 11 is 9.04. The molecule has 0 aliphatic carbocycles. The molecule has 0 aromatic heterocycles. The van der Waals surface area contributed by atoms with E-state index in [0.717, 1.165) is 4.47 Å². The van der Waals surface area contributed by atoms with Gasteiger partial charge in [0.2, 0.25) is 0 Å². The Labute approximate surface area is 129 Å². The van der Waals surface area contributed by atoms with E-state index in [9.17, 15) is 9.59 Å². The molecule has 0 unspecified atom stereocenters. The number of benzene rings is 2. The molecule has 3 nitrogen and oxygen atoms in total. The Morgan fingerprint density at radius 1 is 1.10 bits per heavy atom. The van der Waals surface area contributed by atoms with Crippen molar-refractivity contribution in [2.24, 2.45) is 0 Å². The van der Waals surface area contributed by atoms with Crippen LogP contribution in [0.5, 0.6) is 5.75 Å². The summed E-state index contributed by atoms with van der Waals surface area (Å²) in [6.45, 7) is 1.42. The summed E-state index contributed by atoms with van der Waals surface area (Å²) in [6.07, 6.45) is 0. The van der Waals surface area contributed by atoms with Crippen LogP contribution in [0.2, 0.25) is 5.02 Å². The maximum absolute atomic E-state index is 12.0. The molecule has 2 aromatic carbocycles. The lowest BCUT2D eigenvalue weighted by atomic mass is 10.1. The van der Waals surface area contributed by atoms with Crippen LogP contribution in [0.3, 0.4) is 0 Å². The number of carbonyl (C=O) groups excluding carboxylic acids is 2. The molecule has 0 radical (unpaired) electrons. The quantitative estimate of drug-likeness (QED) is 0.463. The average Bonchev–Trinajstić information content (AvgIpc) is 2.41. The zero-order chi connectivity index (χ0) is 14.7. The molecular weight excluding hydrogens is 344 g/mol. The average molecular weight is 354 g/mol. The fourth-order valence-corrected chi connectivity index (χ4v) is 2.10. The van der Waals surface area contributed by atoms with E-state index in [-0.39, 0.29) is 11.5 Å². The highest BCUT2D eigenvalue weighted by Gasteiger charge is 2.14. The number of hydrogen-bond donors (Lipinski definition) is 0. The summed E-state index contributed by atoms with van der Waals surface area (Å²) < 4.78 is 6.01. The van der Waals surface area contributed by atoms with Gasteiger partial charge in [0.15, 0.2) is 5.78 Å². The van der Waals surface area contributed by atoms with Crippen LogP contribution >= 0.6 is 27.5 Å². The smallest absolute Gasteiger partial charge is 0.343 e. The Bertz CT molecular complexity index is 665. The minimum Gasteiger partial charge on any atom is -0.422 e. The third kappa shape index (κ3) is 3.46. The predicted molar refractivity (Wildman–Crippen MR) is 80.6 cm³/mol. The minimum atomic E-state index is -0.536. The fraction of sp³-hybridized carbons (Fsp3) is 0.0667. The van der Waals surface area contributed by atoms with Crippen molar-refractivity contribution >= 4 is 39.3 Å². The minimum absolute atomic E-state index is 0.176. The highest BCUT2D eigenvalue weighted by Crippen LogP contribution is 2.24. The molecular formula is C15H10BrClO3. The van der Waals surface area contributed by atoms with Gasteiger partial charge < -0.3 is 4.74 Å². The Morgan fingerprint density at radius 2 is 1.75 bits per heavy atom. The number of rotatable bonds is 3. The summed E-state index contributed by atoms with van der Waals surface area (Å²) in [6, 6.07) is 11.2. The second kappa shape index (κ2) is 6.20. The van der Waals surface area contributed by atoms with Crippen molar-refractivity contribution in [1.29, 1.82) is 0 Å². The van der Waals surface area contributed by atoms with Crippen LogP contribution in [-0.2, 0) is 0 Å². The molecule has 0 N–H and O–H groups in total. The van der Waals surface area contributed by atoms with Gasteiger partial charge >= 0.3 is 5.97 Å². The molecule has 102 valence electrons. The molecule has 0 bridgehead atoms. The number of ketones is 1. The first-order valence-corrected chi connectivity index (χ1v) is 6.92. The molecule has 2 rings (SSSR count). The van der Waals surface area contributed by atoms with Gasteiger partial charge in [0.1, 0.15) is 5.75 Å². The van der Waals surface area contributed by atoms with Crippen molar-refractivity contribution in [3.8, 4) is 5.75 Å². The lowest BCUT2D eigenvalue weighted by molar-refractivity contribution is 0.0733. The molecule has 0 heterocycles. The van der Waals surface area contributed by atoms with E-state index >= 15 is 0 Å². The van der Waals surface area contributed by atoms with Gasteiger partial charge in [0.25, 0.3) is 0 Å². The van der Waals surface area contributed by atoms with Crippen LogP contribution in [0, 0.1) is 0 Å². The summed E-state index contributed by atoms with van der Waals surface area (Å²) in [7, 11) is 0. The zero-order valence-electron chi connectivity index (χ0n) is 10.5. The molecule has 0 saturated carbocycles. The Kier molecular flexibility index (Phi) is 4.57. The maximum atomic E-state index is 12.0. The van der Waals surface area contributed by atoms with Crippen LogP contribution in [-0.4, -0.2) is 11.8 Å². The number of Topliss-reactive ketones (excluding diaryl/α,β-unsaturated/α-hetero) is 1. The van der Waals surface area contributed by atoms with Crippen molar-refractivity contribution in [1.82, 2.24) is 0 Å². The molecule has 0 aliphatic rings. The highest BCUT2D eigenvalue weighted by molar-refractivity contribution is 9.10.